The van der Waals surface area contributed by atoms with E-state index in [4.69, 9.17) is 4.74 Å². The number of hydrogen-bond acceptors (Lipinski definition) is 3. The molecule has 1 aliphatic carbocycles. The lowest BCUT2D eigenvalue weighted by Gasteiger charge is -2.26. The number of benzene rings is 1. The van der Waals surface area contributed by atoms with Crippen LogP contribution < -0.4 is 10.6 Å². The van der Waals surface area contributed by atoms with E-state index in [-0.39, 0.29) is 0 Å². The Kier molecular flexibility index (Phi) is 4.49. The van der Waals surface area contributed by atoms with E-state index < -0.39 is 0 Å². The van der Waals surface area contributed by atoms with Crippen molar-refractivity contribution < 1.29 is 4.74 Å². The molecule has 3 atom stereocenters. The maximum absolute atomic E-state index is 5.92. The van der Waals surface area contributed by atoms with E-state index in [9.17, 15) is 0 Å². The van der Waals surface area contributed by atoms with E-state index >= 15 is 0 Å². The van der Waals surface area contributed by atoms with Gasteiger partial charge in [-0.15, -0.1) is 0 Å². The number of piperidine rings is 1. The van der Waals surface area contributed by atoms with Gasteiger partial charge in [-0.3, -0.25) is 0 Å². The summed E-state index contributed by atoms with van der Waals surface area (Å²) in [6, 6.07) is 8.63. The molecule has 3 unspecified atom stereocenters. The van der Waals surface area contributed by atoms with Crippen molar-refractivity contribution in [2.45, 2.75) is 31.9 Å². The fourth-order valence-electron chi connectivity index (χ4n) is 4.17. The van der Waals surface area contributed by atoms with Gasteiger partial charge in [0, 0.05) is 24.9 Å². The van der Waals surface area contributed by atoms with Gasteiger partial charge in [-0.05, 0) is 49.6 Å². The molecule has 0 bridgehead atoms. The molecule has 2 fully saturated rings. The summed E-state index contributed by atoms with van der Waals surface area (Å²) in [5.41, 5.74) is 2.98. The summed E-state index contributed by atoms with van der Waals surface area (Å²) in [5, 5.41) is 6.73. The first-order valence-corrected chi connectivity index (χ1v) is 8.93. The quantitative estimate of drug-likeness (QED) is 0.773. The number of hydrogen-bond donors (Lipinski definition) is 2. The predicted molar refractivity (Wildman–Crippen MR) is 93.0 cm³/mol. The number of nitrogens with one attached hydrogen (secondary N) is 2. The van der Waals surface area contributed by atoms with Crippen LogP contribution >= 0.6 is 0 Å². The lowest BCUT2D eigenvalue weighted by molar-refractivity contribution is 0.108. The van der Waals surface area contributed by atoms with Crippen LogP contribution in [0.25, 0.3) is 0 Å². The minimum absolute atomic E-state index is 0.449. The van der Waals surface area contributed by atoms with E-state index in [1.165, 1.54) is 36.1 Å². The molecule has 2 N–H and O–H groups in total. The Labute approximate surface area is 138 Å². The number of rotatable bonds is 0. The van der Waals surface area contributed by atoms with E-state index in [0.29, 0.717) is 12.0 Å². The second-order valence-corrected chi connectivity index (χ2v) is 6.85. The Morgan fingerprint density at radius 2 is 1.96 bits per heavy atom. The molecule has 0 saturated carbocycles. The van der Waals surface area contributed by atoms with Crippen LogP contribution in [0, 0.1) is 11.8 Å². The fraction of sp³-hybridized carbons (Fsp3) is 0.500. The SMILES string of the molecule is C1=CCC2C(=C1)OC1CNCCC12.c1ccc2c(c1)CCNC2. The maximum atomic E-state index is 5.92. The lowest BCUT2D eigenvalue weighted by Crippen LogP contribution is -2.39. The summed E-state index contributed by atoms with van der Waals surface area (Å²) in [4.78, 5) is 0. The van der Waals surface area contributed by atoms with Crippen LogP contribution in [0.1, 0.15) is 24.0 Å². The van der Waals surface area contributed by atoms with Gasteiger partial charge >= 0.3 is 0 Å². The van der Waals surface area contributed by atoms with Crippen molar-refractivity contribution in [3.05, 3.63) is 59.4 Å². The summed E-state index contributed by atoms with van der Waals surface area (Å²) in [7, 11) is 0. The van der Waals surface area contributed by atoms with E-state index in [0.717, 1.165) is 32.1 Å². The average molecular weight is 310 g/mol. The molecule has 3 nitrogen and oxygen atoms in total. The Morgan fingerprint density at radius 3 is 2.87 bits per heavy atom. The van der Waals surface area contributed by atoms with Gasteiger partial charge in [0.25, 0.3) is 0 Å². The Bertz CT molecular complexity index is 582. The van der Waals surface area contributed by atoms with Crippen LogP contribution in [-0.2, 0) is 17.7 Å². The largest absolute Gasteiger partial charge is 0.493 e. The zero-order chi connectivity index (χ0) is 15.5. The highest BCUT2D eigenvalue weighted by Gasteiger charge is 2.42. The summed E-state index contributed by atoms with van der Waals surface area (Å²) in [5.74, 6) is 2.70. The summed E-state index contributed by atoms with van der Waals surface area (Å²) < 4.78 is 5.92. The van der Waals surface area contributed by atoms with Crippen molar-refractivity contribution in [2.75, 3.05) is 19.6 Å². The van der Waals surface area contributed by atoms with Crippen LogP contribution in [-0.4, -0.2) is 25.7 Å². The summed E-state index contributed by atoms with van der Waals surface area (Å²) in [6.07, 6.45) is 10.6. The van der Waals surface area contributed by atoms with Gasteiger partial charge in [-0.1, -0.05) is 36.4 Å². The molecule has 0 amide bonds. The molecule has 4 aliphatic rings. The van der Waals surface area contributed by atoms with Crippen molar-refractivity contribution in [1.82, 2.24) is 10.6 Å². The van der Waals surface area contributed by atoms with Gasteiger partial charge in [0.15, 0.2) is 0 Å². The Hall–Kier alpha value is -1.58. The minimum Gasteiger partial charge on any atom is -0.493 e. The lowest BCUT2D eigenvalue weighted by atomic mass is 9.81. The third-order valence-corrected chi connectivity index (χ3v) is 5.44. The Balaban J connectivity index is 0.000000122. The van der Waals surface area contributed by atoms with Gasteiger partial charge in [-0.2, -0.15) is 0 Å². The highest BCUT2D eigenvalue weighted by Crippen LogP contribution is 2.42. The monoisotopic (exact) mass is 310 g/mol. The van der Waals surface area contributed by atoms with Crippen LogP contribution in [0.4, 0.5) is 0 Å². The minimum atomic E-state index is 0.449. The van der Waals surface area contributed by atoms with Crippen molar-refractivity contribution >= 4 is 0 Å². The molecule has 3 heterocycles. The van der Waals surface area contributed by atoms with Crippen molar-refractivity contribution in [3.63, 3.8) is 0 Å². The highest BCUT2D eigenvalue weighted by atomic mass is 16.5. The molecular weight excluding hydrogens is 284 g/mol. The second kappa shape index (κ2) is 6.90. The summed E-state index contributed by atoms with van der Waals surface area (Å²) in [6.45, 7) is 4.39. The smallest absolute Gasteiger partial charge is 0.114 e. The van der Waals surface area contributed by atoms with Gasteiger partial charge in [0.05, 0.1) is 0 Å². The van der Waals surface area contributed by atoms with Crippen molar-refractivity contribution in [2.24, 2.45) is 11.8 Å². The fourth-order valence-corrected chi connectivity index (χ4v) is 4.17. The van der Waals surface area contributed by atoms with Crippen LogP contribution in [0.2, 0.25) is 0 Å². The van der Waals surface area contributed by atoms with Crippen LogP contribution in [0.3, 0.4) is 0 Å². The third kappa shape index (κ3) is 3.22. The number of fused-ring (bicyclic) bond motifs is 4. The van der Waals surface area contributed by atoms with Crippen molar-refractivity contribution in [1.29, 1.82) is 0 Å². The summed E-state index contributed by atoms with van der Waals surface area (Å²) >= 11 is 0. The first kappa shape index (κ1) is 15.0. The van der Waals surface area contributed by atoms with Crippen molar-refractivity contribution in [3.8, 4) is 0 Å². The zero-order valence-corrected chi connectivity index (χ0v) is 13.6. The Morgan fingerprint density at radius 1 is 1.04 bits per heavy atom. The standard InChI is InChI=1S/C11H15NO.C9H11N/c1-2-4-10-8(3-1)9-5-6-12-7-11(9)13-10;1-2-4-9-7-10-6-5-8(9)3-1/h1-2,4,8-9,11-12H,3,5-7H2;1-4,10H,5-7H2. The first-order chi connectivity index (χ1) is 11.4. The molecule has 3 aliphatic heterocycles. The maximum Gasteiger partial charge on any atom is 0.114 e. The molecular formula is C20H26N2O. The number of allylic oxidation sites excluding steroid dienone is 4. The number of ether oxygens (including phenoxy) is 1. The first-order valence-electron chi connectivity index (χ1n) is 8.93. The topological polar surface area (TPSA) is 33.3 Å². The van der Waals surface area contributed by atoms with Crippen LogP contribution in [0.15, 0.2) is 48.3 Å². The van der Waals surface area contributed by atoms with E-state index in [1.54, 1.807) is 0 Å². The molecule has 1 aromatic carbocycles. The van der Waals surface area contributed by atoms with E-state index in [2.05, 4.69) is 53.1 Å². The average Bonchev–Trinajstić information content (AvgIpc) is 3.01. The normalized spacial score (nSPS) is 30.8. The molecule has 1 aromatic rings. The van der Waals surface area contributed by atoms with Gasteiger partial charge in [0.2, 0.25) is 0 Å². The molecule has 122 valence electrons. The van der Waals surface area contributed by atoms with E-state index in [1.807, 2.05) is 0 Å². The second-order valence-electron chi connectivity index (χ2n) is 6.85. The van der Waals surface area contributed by atoms with Crippen LogP contribution in [0.5, 0.6) is 0 Å². The molecule has 5 rings (SSSR count). The molecule has 23 heavy (non-hydrogen) atoms. The predicted octanol–water partition coefficient (Wildman–Crippen LogP) is 2.79. The van der Waals surface area contributed by atoms with Gasteiger partial charge in [0.1, 0.15) is 11.9 Å². The molecule has 0 spiro atoms. The van der Waals surface area contributed by atoms with Gasteiger partial charge in [-0.25, -0.2) is 0 Å². The molecule has 2 saturated heterocycles. The zero-order valence-electron chi connectivity index (χ0n) is 13.6. The van der Waals surface area contributed by atoms with Gasteiger partial charge < -0.3 is 15.4 Å². The molecule has 0 radical (unpaired) electrons. The third-order valence-electron chi connectivity index (χ3n) is 5.44. The molecule has 0 aromatic heterocycles. The molecule has 3 heteroatoms. The highest BCUT2D eigenvalue weighted by molar-refractivity contribution is 5.28.